The van der Waals surface area contributed by atoms with Gasteiger partial charge in [0, 0.05) is 42.4 Å². The predicted octanol–water partition coefficient (Wildman–Crippen LogP) is 2.03. The van der Waals surface area contributed by atoms with Crippen molar-refractivity contribution in [3.63, 3.8) is 0 Å². The highest BCUT2D eigenvalue weighted by Gasteiger charge is 2.27. The first-order chi connectivity index (χ1) is 8.60. The highest BCUT2D eigenvalue weighted by atomic mass is 35.5. The van der Waals surface area contributed by atoms with E-state index < -0.39 is 0 Å². The number of nitrogens with two attached hydrogens (primary N) is 1. The third-order valence-electron chi connectivity index (χ3n) is 3.14. The number of likely N-dealkylation sites (tertiary alicyclic amines) is 1. The summed E-state index contributed by atoms with van der Waals surface area (Å²) in [4.78, 5) is 14.1. The molecule has 98 valence electrons. The van der Waals surface area contributed by atoms with Crippen molar-refractivity contribution < 1.29 is 9.53 Å². The van der Waals surface area contributed by atoms with E-state index in [-0.39, 0.29) is 5.91 Å². The van der Waals surface area contributed by atoms with Crippen molar-refractivity contribution in [2.24, 2.45) is 5.92 Å². The topological polar surface area (TPSA) is 55.6 Å². The molecule has 1 heterocycles. The smallest absolute Gasteiger partial charge is 0.253 e. The maximum absolute atomic E-state index is 12.3. The second-order valence-corrected chi connectivity index (χ2v) is 5.07. The van der Waals surface area contributed by atoms with Crippen molar-refractivity contribution in [1.82, 2.24) is 4.90 Å². The Labute approximate surface area is 112 Å². The number of nitrogens with zero attached hydrogens (tertiary/aromatic N) is 1. The molecule has 18 heavy (non-hydrogen) atoms. The van der Waals surface area contributed by atoms with Crippen molar-refractivity contribution in [1.29, 1.82) is 0 Å². The van der Waals surface area contributed by atoms with Gasteiger partial charge >= 0.3 is 0 Å². The number of nitrogen functional groups attached to an aromatic ring is 1. The Morgan fingerprint density at radius 2 is 2.33 bits per heavy atom. The SMILES string of the molecule is COCC1CCN(C(=O)c2cc(N)cc(Cl)c2)C1. The van der Waals surface area contributed by atoms with Gasteiger partial charge in [-0.05, 0) is 24.6 Å². The third-order valence-corrected chi connectivity index (χ3v) is 3.36. The highest BCUT2D eigenvalue weighted by Crippen LogP contribution is 2.22. The number of carbonyl (C=O) groups is 1. The van der Waals surface area contributed by atoms with Crippen LogP contribution in [0.5, 0.6) is 0 Å². The molecule has 4 nitrogen and oxygen atoms in total. The van der Waals surface area contributed by atoms with Crippen LogP contribution in [0.25, 0.3) is 0 Å². The van der Waals surface area contributed by atoms with E-state index in [9.17, 15) is 4.79 Å². The van der Waals surface area contributed by atoms with Gasteiger partial charge in [0.05, 0.1) is 6.61 Å². The van der Waals surface area contributed by atoms with Gasteiger partial charge in [-0.15, -0.1) is 0 Å². The van der Waals surface area contributed by atoms with Crippen molar-refractivity contribution in [2.45, 2.75) is 6.42 Å². The van der Waals surface area contributed by atoms with Crippen LogP contribution in [0.15, 0.2) is 18.2 Å². The quantitative estimate of drug-likeness (QED) is 0.854. The molecule has 1 aliphatic rings. The van der Waals surface area contributed by atoms with Crippen LogP contribution < -0.4 is 5.73 Å². The van der Waals surface area contributed by atoms with Crippen LogP contribution in [0, 0.1) is 5.92 Å². The molecule has 1 saturated heterocycles. The molecule has 0 aliphatic carbocycles. The van der Waals surface area contributed by atoms with E-state index in [1.165, 1.54) is 0 Å². The van der Waals surface area contributed by atoms with E-state index in [4.69, 9.17) is 22.1 Å². The number of carbonyl (C=O) groups excluding carboxylic acids is 1. The molecule has 0 aromatic heterocycles. The number of anilines is 1. The van der Waals surface area contributed by atoms with Crippen molar-refractivity contribution >= 4 is 23.2 Å². The number of benzene rings is 1. The molecule has 1 atom stereocenters. The molecule has 2 rings (SSSR count). The lowest BCUT2D eigenvalue weighted by Gasteiger charge is -2.17. The second-order valence-electron chi connectivity index (χ2n) is 4.63. The zero-order valence-electron chi connectivity index (χ0n) is 10.4. The fraction of sp³-hybridized carbons (Fsp3) is 0.462. The molecule has 1 aromatic carbocycles. The van der Waals surface area contributed by atoms with Crippen molar-refractivity contribution in [3.8, 4) is 0 Å². The maximum atomic E-state index is 12.3. The minimum Gasteiger partial charge on any atom is -0.399 e. The van der Waals surface area contributed by atoms with Crippen LogP contribution in [0.3, 0.4) is 0 Å². The van der Waals surface area contributed by atoms with Gasteiger partial charge < -0.3 is 15.4 Å². The van der Waals surface area contributed by atoms with Gasteiger partial charge in [-0.25, -0.2) is 0 Å². The van der Waals surface area contributed by atoms with Crippen LogP contribution in [0.4, 0.5) is 5.69 Å². The normalized spacial score (nSPS) is 19.2. The second kappa shape index (κ2) is 5.59. The number of methoxy groups -OCH3 is 1. The largest absolute Gasteiger partial charge is 0.399 e. The van der Waals surface area contributed by atoms with Gasteiger partial charge in [0.1, 0.15) is 0 Å². The first kappa shape index (κ1) is 13.2. The Balaban J connectivity index is 2.08. The summed E-state index contributed by atoms with van der Waals surface area (Å²) in [5.74, 6) is 0.415. The van der Waals surface area contributed by atoms with E-state index in [0.717, 1.165) is 19.5 Å². The van der Waals surface area contributed by atoms with E-state index in [1.807, 2.05) is 4.90 Å². The summed E-state index contributed by atoms with van der Waals surface area (Å²) >= 11 is 5.91. The molecule has 2 N–H and O–H groups in total. The summed E-state index contributed by atoms with van der Waals surface area (Å²) in [6.45, 7) is 2.19. The number of halogens is 1. The molecule has 0 spiro atoms. The van der Waals surface area contributed by atoms with Crippen molar-refractivity contribution in [2.75, 3.05) is 32.5 Å². The van der Waals surface area contributed by atoms with Crippen LogP contribution in [-0.2, 0) is 4.74 Å². The van der Waals surface area contributed by atoms with Crippen molar-refractivity contribution in [3.05, 3.63) is 28.8 Å². The molecule has 1 amide bonds. The third kappa shape index (κ3) is 2.94. The van der Waals surface area contributed by atoms with Gasteiger partial charge in [-0.2, -0.15) is 0 Å². The predicted molar refractivity (Wildman–Crippen MR) is 71.8 cm³/mol. The molecule has 1 unspecified atom stereocenters. The Hall–Kier alpha value is -1.26. The number of rotatable bonds is 3. The molecule has 0 radical (unpaired) electrons. The average Bonchev–Trinajstić information content (AvgIpc) is 2.76. The molecule has 5 heteroatoms. The van der Waals surface area contributed by atoms with Gasteiger partial charge in [0.25, 0.3) is 5.91 Å². The lowest BCUT2D eigenvalue weighted by atomic mass is 10.1. The summed E-state index contributed by atoms with van der Waals surface area (Å²) in [6, 6.07) is 4.96. The molecule has 1 fully saturated rings. The Bertz CT molecular complexity index is 430. The minimum absolute atomic E-state index is 0.0113. The first-order valence-corrected chi connectivity index (χ1v) is 6.32. The zero-order chi connectivity index (χ0) is 13.1. The van der Waals surface area contributed by atoms with E-state index in [0.29, 0.717) is 28.8 Å². The summed E-state index contributed by atoms with van der Waals surface area (Å²) < 4.78 is 5.12. The van der Waals surface area contributed by atoms with Gasteiger partial charge in [0.15, 0.2) is 0 Å². The maximum Gasteiger partial charge on any atom is 0.253 e. The Kier molecular flexibility index (Phi) is 4.09. The Morgan fingerprint density at radius 1 is 1.56 bits per heavy atom. The van der Waals surface area contributed by atoms with Gasteiger partial charge in [-0.3, -0.25) is 4.79 Å². The van der Waals surface area contributed by atoms with Crippen LogP contribution in [0.1, 0.15) is 16.8 Å². The lowest BCUT2D eigenvalue weighted by Crippen LogP contribution is -2.29. The van der Waals surface area contributed by atoms with E-state index >= 15 is 0 Å². The monoisotopic (exact) mass is 268 g/mol. The lowest BCUT2D eigenvalue weighted by molar-refractivity contribution is 0.0775. The Morgan fingerprint density at radius 3 is 3.00 bits per heavy atom. The summed E-state index contributed by atoms with van der Waals surface area (Å²) in [5, 5.41) is 0.492. The van der Waals surface area contributed by atoms with Crippen LogP contribution in [0.2, 0.25) is 5.02 Å². The minimum atomic E-state index is -0.0113. The fourth-order valence-corrected chi connectivity index (χ4v) is 2.55. The summed E-state index contributed by atoms with van der Waals surface area (Å²) in [6.07, 6.45) is 0.982. The van der Waals surface area contributed by atoms with E-state index in [1.54, 1.807) is 25.3 Å². The molecule has 0 bridgehead atoms. The summed E-state index contributed by atoms with van der Waals surface area (Å²) in [7, 11) is 1.68. The first-order valence-electron chi connectivity index (χ1n) is 5.94. The van der Waals surface area contributed by atoms with Gasteiger partial charge in [-0.1, -0.05) is 11.6 Å². The average molecular weight is 269 g/mol. The molecule has 1 aromatic rings. The fourth-order valence-electron chi connectivity index (χ4n) is 2.31. The molecule has 0 saturated carbocycles. The summed E-state index contributed by atoms with van der Waals surface area (Å²) in [5.41, 5.74) is 6.76. The molecular weight excluding hydrogens is 252 g/mol. The molecule has 1 aliphatic heterocycles. The highest BCUT2D eigenvalue weighted by molar-refractivity contribution is 6.31. The van der Waals surface area contributed by atoms with Crippen LogP contribution in [-0.4, -0.2) is 37.6 Å². The number of hydrogen-bond donors (Lipinski definition) is 1. The zero-order valence-corrected chi connectivity index (χ0v) is 11.1. The number of hydrogen-bond acceptors (Lipinski definition) is 3. The van der Waals surface area contributed by atoms with Gasteiger partial charge in [0.2, 0.25) is 0 Å². The number of amides is 1. The van der Waals surface area contributed by atoms with E-state index in [2.05, 4.69) is 0 Å². The molecular formula is C13H17ClN2O2. The standard InChI is InChI=1S/C13H17ClN2O2/c1-18-8-9-2-3-16(7-9)13(17)10-4-11(14)6-12(15)5-10/h4-6,9H,2-3,7-8,15H2,1H3. The van der Waals surface area contributed by atoms with Crippen LogP contribution >= 0.6 is 11.6 Å². The number of ether oxygens (including phenoxy) is 1.